The predicted octanol–water partition coefficient (Wildman–Crippen LogP) is 4.97. The molecule has 1 heterocycles. The number of hydrogen-bond acceptors (Lipinski definition) is 2. The Morgan fingerprint density at radius 3 is 2.71 bits per heavy atom. The number of nitrogens with zero attached hydrogens (tertiary/aromatic N) is 2. The summed E-state index contributed by atoms with van der Waals surface area (Å²) in [5.41, 5.74) is 3.78. The van der Waals surface area contributed by atoms with Gasteiger partial charge in [-0.25, -0.2) is 4.98 Å². The summed E-state index contributed by atoms with van der Waals surface area (Å²) in [7, 11) is 0. The Morgan fingerprint density at radius 2 is 2.05 bits per heavy atom. The third-order valence-electron chi connectivity index (χ3n) is 4.65. The van der Waals surface area contributed by atoms with Crippen molar-refractivity contribution in [2.75, 3.05) is 12.1 Å². The number of imidazole rings is 1. The molecule has 1 aliphatic carbocycles. The fraction of sp³-hybridized carbons (Fsp3) is 0.588. The SMILES string of the molecule is CSC1CCC(n2c(CCCl)nc3cccc(C)c32)CC1. The smallest absolute Gasteiger partial charge is 0.111 e. The summed E-state index contributed by atoms with van der Waals surface area (Å²) in [5.74, 6) is 1.81. The third kappa shape index (κ3) is 2.95. The molecule has 3 rings (SSSR count). The maximum atomic E-state index is 6.00. The van der Waals surface area contributed by atoms with Gasteiger partial charge in [-0.2, -0.15) is 11.8 Å². The van der Waals surface area contributed by atoms with E-state index in [0.29, 0.717) is 11.9 Å². The van der Waals surface area contributed by atoms with Crippen LogP contribution in [0.15, 0.2) is 18.2 Å². The summed E-state index contributed by atoms with van der Waals surface area (Å²) in [5, 5.41) is 0.841. The molecule has 0 saturated heterocycles. The Bertz CT molecular complexity index is 615. The zero-order chi connectivity index (χ0) is 14.8. The molecule has 1 aliphatic rings. The van der Waals surface area contributed by atoms with Crippen LogP contribution in [0.3, 0.4) is 0 Å². The topological polar surface area (TPSA) is 17.8 Å². The summed E-state index contributed by atoms with van der Waals surface area (Å²) >= 11 is 8.02. The lowest BCUT2D eigenvalue weighted by Gasteiger charge is -2.30. The lowest BCUT2D eigenvalue weighted by atomic mass is 9.94. The average molecular weight is 323 g/mol. The number of halogens is 1. The zero-order valence-electron chi connectivity index (χ0n) is 12.8. The van der Waals surface area contributed by atoms with Gasteiger partial charge in [-0.05, 0) is 50.5 Å². The molecule has 0 spiro atoms. The second-order valence-electron chi connectivity index (χ2n) is 5.95. The molecule has 0 aliphatic heterocycles. The van der Waals surface area contributed by atoms with Crippen LogP contribution >= 0.6 is 23.4 Å². The number of rotatable bonds is 4. The molecule has 1 aromatic heterocycles. The van der Waals surface area contributed by atoms with E-state index in [2.05, 4.69) is 35.9 Å². The van der Waals surface area contributed by atoms with Gasteiger partial charge in [-0.1, -0.05) is 12.1 Å². The zero-order valence-corrected chi connectivity index (χ0v) is 14.4. The summed E-state index contributed by atoms with van der Waals surface area (Å²) in [6.45, 7) is 2.19. The molecule has 2 nitrogen and oxygen atoms in total. The Morgan fingerprint density at radius 1 is 1.29 bits per heavy atom. The van der Waals surface area contributed by atoms with E-state index in [9.17, 15) is 0 Å². The Labute approximate surface area is 136 Å². The number of para-hydroxylation sites is 1. The molecule has 1 aromatic carbocycles. The van der Waals surface area contributed by atoms with E-state index in [0.717, 1.165) is 17.2 Å². The number of fused-ring (bicyclic) bond motifs is 1. The molecular weight excluding hydrogens is 300 g/mol. The first-order valence-electron chi connectivity index (χ1n) is 7.79. The Balaban J connectivity index is 2.01. The van der Waals surface area contributed by atoms with Crippen LogP contribution in [0.5, 0.6) is 0 Å². The number of alkyl halides is 1. The second-order valence-corrected chi connectivity index (χ2v) is 7.46. The van der Waals surface area contributed by atoms with E-state index in [-0.39, 0.29) is 0 Å². The summed E-state index contributed by atoms with van der Waals surface area (Å²) in [6, 6.07) is 7.02. The molecule has 0 amide bonds. The molecule has 4 heteroatoms. The number of thioether (sulfide) groups is 1. The fourth-order valence-electron chi connectivity index (χ4n) is 3.56. The summed E-state index contributed by atoms with van der Waals surface area (Å²) in [6.07, 6.45) is 8.26. The van der Waals surface area contributed by atoms with Gasteiger partial charge in [0.25, 0.3) is 0 Å². The first kappa shape index (κ1) is 15.2. The van der Waals surface area contributed by atoms with Crippen molar-refractivity contribution in [2.45, 2.75) is 50.3 Å². The van der Waals surface area contributed by atoms with E-state index >= 15 is 0 Å². The molecule has 0 bridgehead atoms. The van der Waals surface area contributed by atoms with Gasteiger partial charge in [0.1, 0.15) is 5.82 Å². The summed E-state index contributed by atoms with van der Waals surface area (Å²) in [4.78, 5) is 4.85. The second kappa shape index (κ2) is 6.62. The lowest BCUT2D eigenvalue weighted by molar-refractivity contribution is 0.359. The van der Waals surface area contributed by atoms with Crippen LogP contribution in [-0.4, -0.2) is 26.9 Å². The minimum Gasteiger partial charge on any atom is -0.325 e. The highest BCUT2D eigenvalue weighted by Crippen LogP contribution is 2.37. The molecule has 114 valence electrons. The van der Waals surface area contributed by atoms with Crippen LogP contribution in [0.25, 0.3) is 11.0 Å². The number of benzene rings is 1. The van der Waals surface area contributed by atoms with Gasteiger partial charge in [-0.3, -0.25) is 0 Å². The molecule has 0 atom stereocenters. The van der Waals surface area contributed by atoms with Gasteiger partial charge in [0.05, 0.1) is 11.0 Å². The van der Waals surface area contributed by atoms with Crippen molar-refractivity contribution < 1.29 is 0 Å². The summed E-state index contributed by atoms with van der Waals surface area (Å²) < 4.78 is 2.50. The van der Waals surface area contributed by atoms with Crippen LogP contribution in [0, 0.1) is 6.92 Å². The number of aromatic nitrogens is 2. The highest BCUT2D eigenvalue weighted by Gasteiger charge is 2.25. The van der Waals surface area contributed by atoms with Gasteiger partial charge in [0.15, 0.2) is 0 Å². The van der Waals surface area contributed by atoms with E-state index in [1.807, 2.05) is 11.8 Å². The molecule has 1 saturated carbocycles. The van der Waals surface area contributed by atoms with Crippen LogP contribution in [0.2, 0.25) is 0 Å². The normalized spacial score (nSPS) is 22.8. The first-order chi connectivity index (χ1) is 10.2. The molecule has 1 fully saturated rings. The van der Waals surface area contributed by atoms with E-state index < -0.39 is 0 Å². The minimum atomic E-state index is 0.595. The van der Waals surface area contributed by atoms with E-state index in [4.69, 9.17) is 16.6 Å². The van der Waals surface area contributed by atoms with Crippen molar-refractivity contribution in [1.29, 1.82) is 0 Å². The van der Waals surface area contributed by atoms with Crippen molar-refractivity contribution in [2.24, 2.45) is 0 Å². The van der Waals surface area contributed by atoms with Crippen molar-refractivity contribution >= 4 is 34.4 Å². The number of hydrogen-bond donors (Lipinski definition) is 0. The molecule has 0 unspecified atom stereocenters. The highest BCUT2D eigenvalue weighted by atomic mass is 35.5. The maximum Gasteiger partial charge on any atom is 0.111 e. The Hall–Kier alpha value is -0.670. The van der Waals surface area contributed by atoms with Crippen LogP contribution in [0.4, 0.5) is 0 Å². The van der Waals surface area contributed by atoms with Gasteiger partial charge >= 0.3 is 0 Å². The van der Waals surface area contributed by atoms with Gasteiger partial charge in [0.2, 0.25) is 0 Å². The largest absolute Gasteiger partial charge is 0.325 e. The van der Waals surface area contributed by atoms with Gasteiger partial charge in [0, 0.05) is 23.6 Å². The van der Waals surface area contributed by atoms with Crippen LogP contribution in [-0.2, 0) is 6.42 Å². The van der Waals surface area contributed by atoms with Crippen molar-refractivity contribution in [1.82, 2.24) is 9.55 Å². The lowest BCUT2D eigenvalue weighted by Crippen LogP contribution is -2.21. The molecule has 0 N–H and O–H groups in total. The van der Waals surface area contributed by atoms with Crippen molar-refractivity contribution in [3.05, 3.63) is 29.6 Å². The van der Waals surface area contributed by atoms with Crippen LogP contribution < -0.4 is 0 Å². The van der Waals surface area contributed by atoms with E-state index in [1.54, 1.807) is 0 Å². The number of aryl methyl sites for hydroxylation is 2. The van der Waals surface area contributed by atoms with E-state index in [1.165, 1.54) is 42.6 Å². The maximum absolute atomic E-state index is 6.00. The van der Waals surface area contributed by atoms with Crippen LogP contribution in [0.1, 0.15) is 43.1 Å². The molecule has 21 heavy (non-hydrogen) atoms. The standard InChI is InChI=1S/C17H23ClN2S/c1-12-4-3-5-15-17(12)20(16(19-15)10-11-18)13-6-8-14(21-2)9-7-13/h3-5,13-14H,6-11H2,1-2H3. The predicted molar refractivity (Wildman–Crippen MR) is 93.7 cm³/mol. The van der Waals surface area contributed by atoms with Crippen molar-refractivity contribution in [3.63, 3.8) is 0 Å². The third-order valence-corrected chi connectivity index (χ3v) is 5.97. The average Bonchev–Trinajstić information content (AvgIpc) is 2.87. The first-order valence-corrected chi connectivity index (χ1v) is 9.62. The Kier molecular flexibility index (Phi) is 4.80. The molecular formula is C17H23ClN2S. The van der Waals surface area contributed by atoms with Gasteiger partial charge < -0.3 is 4.57 Å². The fourth-order valence-corrected chi connectivity index (χ4v) is 4.47. The highest BCUT2D eigenvalue weighted by molar-refractivity contribution is 7.99. The molecule has 0 radical (unpaired) electrons. The quantitative estimate of drug-likeness (QED) is 0.739. The van der Waals surface area contributed by atoms with Crippen molar-refractivity contribution in [3.8, 4) is 0 Å². The monoisotopic (exact) mass is 322 g/mol. The van der Waals surface area contributed by atoms with Gasteiger partial charge in [-0.15, -0.1) is 11.6 Å². The minimum absolute atomic E-state index is 0.595. The molecule has 2 aromatic rings.